The van der Waals surface area contributed by atoms with E-state index < -0.39 is 6.67 Å². The summed E-state index contributed by atoms with van der Waals surface area (Å²) < 4.78 is 17.3. The van der Waals surface area contributed by atoms with E-state index in [-0.39, 0.29) is 36.3 Å². The maximum absolute atomic E-state index is 12.3. The highest BCUT2D eigenvalue weighted by molar-refractivity contribution is 5.95. The summed E-state index contributed by atoms with van der Waals surface area (Å²) in [5.41, 5.74) is 0.949. The smallest absolute Gasteiger partial charge is 0.228 e. The van der Waals surface area contributed by atoms with E-state index in [0.29, 0.717) is 11.4 Å². The van der Waals surface area contributed by atoms with Crippen molar-refractivity contribution in [3.05, 3.63) is 24.3 Å². The van der Waals surface area contributed by atoms with Crippen LogP contribution in [0.4, 0.5) is 10.1 Å². The largest absolute Gasteiger partial charge is 0.491 e. The lowest BCUT2D eigenvalue weighted by atomic mass is 9.92. The number of hydrogen-bond donors (Lipinski definition) is 2. The fourth-order valence-electron chi connectivity index (χ4n) is 3.25. The lowest BCUT2D eigenvalue weighted by Crippen LogP contribution is -2.31. The third-order valence-electron chi connectivity index (χ3n) is 4.55. The van der Waals surface area contributed by atoms with E-state index >= 15 is 0 Å². The van der Waals surface area contributed by atoms with Crippen molar-refractivity contribution in [1.82, 2.24) is 5.32 Å². The molecule has 22 heavy (non-hydrogen) atoms. The summed E-state index contributed by atoms with van der Waals surface area (Å²) in [4.78, 5) is 12.3. The summed E-state index contributed by atoms with van der Waals surface area (Å²) in [5, 5.41) is 6.30. The summed E-state index contributed by atoms with van der Waals surface area (Å²) >= 11 is 0. The van der Waals surface area contributed by atoms with Gasteiger partial charge in [0.05, 0.1) is 0 Å². The van der Waals surface area contributed by atoms with Gasteiger partial charge in [-0.2, -0.15) is 0 Å². The van der Waals surface area contributed by atoms with Gasteiger partial charge in [-0.05, 0) is 49.9 Å². The van der Waals surface area contributed by atoms with Gasteiger partial charge in [0.25, 0.3) is 0 Å². The number of ether oxygens (including phenoxy) is 1. The summed E-state index contributed by atoms with van der Waals surface area (Å²) in [6, 6.07) is 7.13. The van der Waals surface area contributed by atoms with Crippen LogP contribution >= 0.6 is 12.4 Å². The first-order valence-corrected chi connectivity index (χ1v) is 7.54. The Morgan fingerprint density at radius 3 is 2.91 bits per heavy atom. The second-order valence-electron chi connectivity index (χ2n) is 5.92. The Balaban J connectivity index is 0.00000176. The van der Waals surface area contributed by atoms with Crippen molar-refractivity contribution in [2.45, 2.75) is 19.3 Å². The molecule has 2 aliphatic rings. The molecule has 2 N–H and O–H groups in total. The Morgan fingerprint density at radius 1 is 1.41 bits per heavy atom. The van der Waals surface area contributed by atoms with Crippen LogP contribution in [-0.2, 0) is 4.79 Å². The van der Waals surface area contributed by atoms with Gasteiger partial charge in [-0.15, -0.1) is 12.4 Å². The van der Waals surface area contributed by atoms with Crippen LogP contribution in [0, 0.1) is 11.3 Å². The van der Waals surface area contributed by atoms with Crippen molar-refractivity contribution >= 4 is 24.0 Å². The molecule has 1 heterocycles. The fourth-order valence-corrected chi connectivity index (χ4v) is 3.25. The number of piperidine rings is 1. The van der Waals surface area contributed by atoms with Gasteiger partial charge in [0.2, 0.25) is 5.91 Å². The Kier molecular flexibility index (Phi) is 5.64. The highest BCUT2D eigenvalue weighted by atomic mass is 35.5. The molecule has 4 nitrogen and oxygen atoms in total. The summed E-state index contributed by atoms with van der Waals surface area (Å²) in [7, 11) is 0. The van der Waals surface area contributed by atoms with E-state index in [1.54, 1.807) is 18.2 Å². The van der Waals surface area contributed by atoms with Crippen LogP contribution in [0.1, 0.15) is 19.3 Å². The van der Waals surface area contributed by atoms with Crippen LogP contribution in [0.15, 0.2) is 24.3 Å². The van der Waals surface area contributed by atoms with Gasteiger partial charge in [0.1, 0.15) is 19.0 Å². The first-order valence-electron chi connectivity index (χ1n) is 7.54. The Hall–Kier alpha value is -1.33. The van der Waals surface area contributed by atoms with Crippen molar-refractivity contribution in [3.63, 3.8) is 0 Å². The maximum atomic E-state index is 12.3. The van der Waals surface area contributed by atoms with Gasteiger partial charge in [0, 0.05) is 17.7 Å². The zero-order chi connectivity index (χ0) is 14.7. The molecule has 1 aromatic carbocycles. The molecule has 6 heteroatoms. The maximum Gasteiger partial charge on any atom is 0.228 e. The van der Waals surface area contributed by atoms with Crippen LogP contribution in [0.25, 0.3) is 0 Å². The average molecular weight is 329 g/mol. The fraction of sp³-hybridized carbons (Fsp3) is 0.562. The van der Waals surface area contributed by atoms with Crippen molar-refractivity contribution in [2.75, 3.05) is 31.7 Å². The van der Waals surface area contributed by atoms with Gasteiger partial charge in [0.15, 0.2) is 0 Å². The monoisotopic (exact) mass is 328 g/mol. The van der Waals surface area contributed by atoms with E-state index in [1.807, 2.05) is 6.07 Å². The third-order valence-corrected chi connectivity index (χ3v) is 4.55. The molecule has 1 aromatic rings. The first kappa shape index (κ1) is 17.0. The molecule has 2 fully saturated rings. The number of halogens is 2. The molecule has 0 radical (unpaired) electrons. The predicted octanol–water partition coefficient (Wildman–Crippen LogP) is 2.78. The SMILES string of the molecule is Cl.O=C(Nc1cccc(OCCF)c1)C1CC12CCNCC2. The minimum absolute atomic E-state index is 0. The topological polar surface area (TPSA) is 50.4 Å². The minimum atomic E-state index is -0.519. The van der Waals surface area contributed by atoms with E-state index in [2.05, 4.69) is 10.6 Å². The van der Waals surface area contributed by atoms with E-state index in [9.17, 15) is 9.18 Å². The molecule has 122 valence electrons. The Morgan fingerprint density at radius 2 is 2.18 bits per heavy atom. The molecule has 1 atom stereocenters. The average Bonchev–Trinajstić information content (AvgIpc) is 3.20. The zero-order valence-electron chi connectivity index (χ0n) is 12.4. The number of nitrogens with one attached hydrogen (secondary N) is 2. The number of carbonyl (C=O) groups excluding carboxylic acids is 1. The molecular weight excluding hydrogens is 307 g/mol. The first-order chi connectivity index (χ1) is 10.2. The van der Waals surface area contributed by atoms with Crippen LogP contribution in [0.3, 0.4) is 0 Å². The van der Waals surface area contributed by atoms with Crippen molar-refractivity contribution in [2.24, 2.45) is 11.3 Å². The molecule has 3 rings (SSSR count). The summed E-state index contributed by atoms with van der Waals surface area (Å²) in [6.45, 7) is 1.54. The number of amides is 1. The van der Waals surface area contributed by atoms with E-state index in [0.717, 1.165) is 32.4 Å². The highest BCUT2D eigenvalue weighted by Crippen LogP contribution is 2.58. The number of benzene rings is 1. The third kappa shape index (κ3) is 3.70. The number of carbonyl (C=O) groups is 1. The van der Waals surface area contributed by atoms with E-state index in [4.69, 9.17) is 4.74 Å². The van der Waals surface area contributed by atoms with Gasteiger partial charge in [-0.1, -0.05) is 6.07 Å². The normalized spacial score (nSPS) is 21.8. The summed E-state index contributed by atoms with van der Waals surface area (Å²) in [6.07, 6.45) is 3.17. The number of alkyl halides is 1. The Bertz CT molecular complexity index is 521. The Labute approximate surface area is 136 Å². The summed E-state index contributed by atoms with van der Waals surface area (Å²) in [5.74, 6) is 0.812. The predicted molar refractivity (Wildman–Crippen MR) is 86.4 cm³/mol. The van der Waals surface area contributed by atoms with Crippen LogP contribution < -0.4 is 15.4 Å². The number of hydrogen-bond acceptors (Lipinski definition) is 3. The molecule has 1 spiro atoms. The van der Waals surface area contributed by atoms with Crippen molar-refractivity contribution < 1.29 is 13.9 Å². The van der Waals surface area contributed by atoms with Crippen molar-refractivity contribution in [1.29, 1.82) is 0 Å². The molecule has 0 aromatic heterocycles. The molecule has 1 aliphatic heterocycles. The highest BCUT2D eigenvalue weighted by Gasteiger charge is 2.57. The molecular formula is C16H22ClFN2O2. The lowest BCUT2D eigenvalue weighted by molar-refractivity contribution is -0.118. The number of rotatable bonds is 5. The standard InChI is InChI=1S/C16H21FN2O2.ClH/c17-6-9-21-13-3-1-2-12(10-13)19-15(20)14-11-16(14)4-7-18-8-5-16;/h1-3,10,14,18H,4-9,11H2,(H,19,20);1H. The van der Waals surface area contributed by atoms with Gasteiger partial charge < -0.3 is 15.4 Å². The zero-order valence-corrected chi connectivity index (χ0v) is 13.3. The molecule has 1 amide bonds. The van der Waals surface area contributed by atoms with E-state index in [1.165, 1.54) is 0 Å². The van der Waals surface area contributed by atoms with Crippen LogP contribution in [-0.4, -0.2) is 32.3 Å². The molecule has 1 saturated carbocycles. The second-order valence-corrected chi connectivity index (χ2v) is 5.92. The van der Waals surface area contributed by atoms with Crippen LogP contribution in [0.2, 0.25) is 0 Å². The molecule has 0 bridgehead atoms. The number of anilines is 1. The van der Waals surface area contributed by atoms with Crippen LogP contribution in [0.5, 0.6) is 5.75 Å². The van der Waals surface area contributed by atoms with Gasteiger partial charge in [-0.3, -0.25) is 4.79 Å². The minimum Gasteiger partial charge on any atom is -0.491 e. The molecule has 1 unspecified atom stereocenters. The molecule has 1 aliphatic carbocycles. The molecule has 1 saturated heterocycles. The quantitative estimate of drug-likeness (QED) is 0.874. The van der Waals surface area contributed by atoms with Gasteiger partial charge >= 0.3 is 0 Å². The second kappa shape index (κ2) is 7.29. The van der Waals surface area contributed by atoms with Crippen molar-refractivity contribution in [3.8, 4) is 5.75 Å². The van der Waals surface area contributed by atoms with Gasteiger partial charge in [-0.25, -0.2) is 4.39 Å². The lowest BCUT2D eigenvalue weighted by Gasteiger charge is -2.23.